The predicted octanol–water partition coefficient (Wildman–Crippen LogP) is 6.45. The number of hydrogen-bond donors (Lipinski definition) is 2. The van der Waals surface area contributed by atoms with Crippen molar-refractivity contribution in [2.75, 3.05) is 6.54 Å². The number of nitrogens with one attached hydrogen (secondary N) is 2. The second kappa shape index (κ2) is 12.5. The molecule has 1 unspecified atom stereocenters. The number of rotatable bonds is 10. The molecule has 0 fully saturated rings. The van der Waals surface area contributed by atoms with Gasteiger partial charge in [0.1, 0.15) is 30.0 Å². The second-order valence-corrected chi connectivity index (χ2v) is 10.1. The van der Waals surface area contributed by atoms with E-state index in [1.165, 1.54) is 18.4 Å². The quantitative estimate of drug-likeness (QED) is 0.208. The Bertz CT molecular complexity index is 1650. The van der Waals surface area contributed by atoms with Gasteiger partial charge in [0.15, 0.2) is 0 Å². The Balaban J connectivity index is 1.56. The number of halogens is 1. The molecule has 0 aliphatic heterocycles. The van der Waals surface area contributed by atoms with Gasteiger partial charge >= 0.3 is 0 Å². The van der Waals surface area contributed by atoms with E-state index in [-0.39, 0.29) is 18.4 Å². The van der Waals surface area contributed by atoms with E-state index in [0.717, 1.165) is 0 Å². The van der Waals surface area contributed by atoms with Crippen LogP contribution in [0, 0.1) is 11.7 Å². The van der Waals surface area contributed by atoms with Gasteiger partial charge in [-0.05, 0) is 60.0 Å². The molecule has 8 heteroatoms. The average molecular weight is 552 g/mol. The highest BCUT2D eigenvalue weighted by Gasteiger charge is 2.25. The Morgan fingerprint density at radius 3 is 2.49 bits per heavy atom. The number of carbonyl (C=O) groups is 2. The van der Waals surface area contributed by atoms with Gasteiger partial charge in [-0.15, -0.1) is 0 Å². The molecule has 0 bridgehead atoms. The molecule has 5 rings (SSSR count). The standard InChI is InChI=1S/C33H30FN3O4/c1-21(2)18-36-32(38)23-12-15-30(40-19-25-7-5-6-16-35-25)27(17-23)31(22-10-13-24(34)14-11-22)37-33(39)28-20-41-29-9-4-3-8-26(28)29/h3-17,20-21,31H,18-19H2,1-2H3,(H,36,38)(H,37,39). The van der Waals surface area contributed by atoms with E-state index < -0.39 is 17.8 Å². The first-order chi connectivity index (χ1) is 19.9. The van der Waals surface area contributed by atoms with Gasteiger partial charge in [0.2, 0.25) is 0 Å². The minimum Gasteiger partial charge on any atom is -0.487 e. The Morgan fingerprint density at radius 2 is 1.73 bits per heavy atom. The summed E-state index contributed by atoms with van der Waals surface area (Å²) in [5, 5.41) is 6.67. The first-order valence-electron chi connectivity index (χ1n) is 13.4. The monoisotopic (exact) mass is 551 g/mol. The van der Waals surface area contributed by atoms with Gasteiger partial charge in [0, 0.05) is 29.3 Å². The number of aromatic nitrogens is 1. The van der Waals surface area contributed by atoms with Gasteiger partial charge in [0.25, 0.3) is 11.8 Å². The number of pyridine rings is 1. The van der Waals surface area contributed by atoms with Crippen LogP contribution in [0.2, 0.25) is 0 Å². The summed E-state index contributed by atoms with van der Waals surface area (Å²) in [7, 11) is 0. The zero-order chi connectivity index (χ0) is 28.8. The molecule has 0 saturated carbocycles. The normalized spacial score (nSPS) is 11.8. The van der Waals surface area contributed by atoms with Crippen LogP contribution < -0.4 is 15.4 Å². The Kier molecular flexibility index (Phi) is 8.39. The Hall–Kier alpha value is -4.98. The van der Waals surface area contributed by atoms with Gasteiger partial charge in [-0.2, -0.15) is 0 Å². The molecule has 2 aromatic heterocycles. The average Bonchev–Trinajstić information content (AvgIpc) is 3.43. The third-order valence-electron chi connectivity index (χ3n) is 6.56. The zero-order valence-electron chi connectivity index (χ0n) is 22.8. The molecule has 208 valence electrons. The summed E-state index contributed by atoms with van der Waals surface area (Å²) >= 11 is 0. The number of carbonyl (C=O) groups excluding carboxylic acids is 2. The van der Waals surface area contributed by atoms with Crippen molar-refractivity contribution in [2.45, 2.75) is 26.5 Å². The summed E-state index contributed by atoms with van der Waals surface area (Å²) in [6.07, 6.45) is 3.09. The van der Waals surface area contributed by atoms with Crippen LogP contribution in [0.3, 0.4) is 0 Å². The van der Waals surface area contributed by atoms with E-state index in [1.807, 2.05) is 50.2 Å². The highest BCUT2D eigenvalue weighted by molar-refractivity contribution is 6.06. The maximum atomic E-state index is 13.9. The van der Waals surface area contributed by atoms with Crippen LogP contribution in [-0.4, -0.2) is 23.3 Å². The minimum absolute atomic E-state index is 0.170. The number of para-hydroxylation sites is 1. The van der Waals surface area contributed by atoms with Crippen molar-refractivity contribution in [3.8, 4) is 5.75 Å². The van der Waals surface area contributed by atoms with Crippen LogP contribution in [0.15, 0.2) is 102 Å². The predicted molar refractivity (Wildman–Crippen MR) is 154 cm³/mol. The van der Waals surface area contributed by atoms with Crippen LogP contribution >= 0.6 is 0 Å². The first-order valence-corrected chi connectivity index (χ1v) is 13.4. The Labute approximate surface area is 237 Å². The van der Waals surface area contributed by atoms with Crippen molar-refractivity contribution in [1.82, 2.24) is 15.6 Å². The summed E-state index contributed by atoms with van der Waals surface area (Å²) in [6, 6.07) is 22.9. The van der Waals surface area contributed by atoms with Crippen molar-refractivity contribution in [3.63, 3.8) is 0 Å². The molecule has 41 heavy (non-hydrogen) atoms. The molecule has 0 spiro atoms. The maximum Gasteiger partial charge on any atom is 0.255 e. The third-order valence-corrected chi connectivity index (χ3v) is 6.56. The number of hydrogen-bond acceptors (Lipinski definition) is 5. The van der Waals surface area contributed by atoms with E-state index >= 15 is 0 Å². The first kappa shape index (κ1) is 27.6. The molecule has 0 saturated heterocycles. The molecule has 2 amide bonds. The number of fused-ring (bicyclic) bond motifs is 1. The van der Waals surface area contributed by atoms with E-state index in [0.29, 0.717) is 51.2 Å². The fourth-order valence-electron chi connectivity index (χ4n) is 4.44. The number of nitrogens with zero attached hydrogens (tertiary/aromatic N) is 1. The third kappa shape index (κ3) is 6.61. The van der Waals surface area contributed by atoms with Crippen LogP contribution in [0.1, 0.15) is 57.4 Å². The smallest absolute Gasteiger partial charge is 0.255 e. The Morgan fingerprint density at radius 1 is 0.951 bits per heavy atom. The molecule has 2 N–H and O–H groups in total. The summed E-state index contributed by atoms with van der Waals surface area (Å²) < 4.78 is 25.7. The van der Waals surface area contributed by atoms with Crippen LogP contribution in [-0.2, 0) is 6.61 Å². The molecule has 3 aromatic carbocycles. The number of furan rings is 1. The topological polar surface area (TPSA) is 93.5 Å². The fraction of sp³-hybridized carbons (Fsp3) is 0.182. The number of benzene rings is 3. The summed E-state index contributed by atoms with van der Waals surface area (Å²) in [4.78, 5) is 31.0. The molecular weight excluding hydrogens is 521 g/mol. The van der Waals surface area contributed by atoms with Gasteiger partial charge in [-0.3, -0.25) is 14.6 Å². The molecule has 7 nitrogen and oxygen atoms in total. The SMILES string of the molecule is CC(C)CNC(=O)c1ccc(OCc2ccccn2)c(C(NC(=O)c2coc3ccccc23)c2ccc(F)cc2)c1. The lowest BCUT2D eigenvalue weighted by Crippen LogP contribution is -2.30. The van der Waals surface area contributed by atoms with Crippen molar-refractivity contribution >= 4 is 22.8 Å². The maximum absolute atomic E-state index is 13.9. The molecule has 0 aliphatic rings. The van der Waals surface area contributed by atoms with E-state index in [1.54, 1.807) is 42.6 Å². The van der Waals surface area contributed by atoms with E-state index in [4.69, 9.17) is 9.15 Å². The number of ether oxygens (including phenoxy) is 1. The second-order valence-electron chi connectivity index (χ2n) is 10.1. The molecule has 2 heterocycles. The van der Waals surface area contributed by atoms with E-state index in [2.05, 4.69) is 15.6 Å². The highest BCUT2D eigenvalue weighted by Crippen LogP contribution is 2.33. The fourth-order valence-corrected chi connectivity index (χ4v) is 4.44. The number of amides is 2. The van der Waals surface area contributed by atoms with Crippen LogP contribution in [0.5, 0.6) is 5.75 Å². The van der Waals surface area contributed by atoms with Crippen molar-refractivity contribution in [2.24, 2.45) is 5.92 Å². The minimum atomic E-state index is -0.784. The molecular formula is C33H30FN3O4. The van der Waals surface area contributed by atoms with Crippen molar-refractivity contribution in [3.05, 3.63) is 131 Å². The highest BCUT2D eigenvalue weighted by atomic mass is 19.1. The largest absolute Gasteiger partial charge is 0.487 e. The van der Waals surface area contributed by atoms with Gasteiger partial charge in [-0.25, -0.2) is 4.39 Å². The summed E-state index contributed by atoms with van der Waals surface area (Å²) in [5.41, 5.74) is 3.19. The molecule has 0 radical (unpaired) electrons. The zero-order valence-corrected chi connectivity index (χ0v) is 22.8. The summed E-state index contributed by atoms with van der Waals surface area (Å²) in [5.74, 6) is -0.331. The van der Waals surface area contributed by atoms with Gasteiger partial charge < -0.3 is 19.8 Å². The lowest BCUT2D eigenvalue weighted by atomic mass is 9.95. The van der Waals surface area contributed by atoms with E-state index in [9.17, 15) is 14.0 Å². The van der Waals surface area contributed by atoms with Crippen molar-refractivity contribution in [1.29, 1.82) is 0 Å². The molecule has 1 atom stereocenters. The van der Waals surface area contributed by atoms with Gasteiger partial charge in [0.05, 0.1) is 17.3 Å². The summed E-state index contributed by atoms with van der Waals surface area (Å²) in [6.45, 7) is 4.71. The lowest BCUT2D eigenvalue weighted by Gasteiger charge is -2.23. The molecule has 0 aliphatic carbocycles. The lowest BCUT2D eigenvalue weighted by molar-refractivity contribution is 0.0940. The van der Waals surface area contributed by atoms with Crippen LogP contribution in [0.25, 0.3) is 11.0 Å². The van der Waals surface area contributed by atoms with Crippen molar-refractivity contribution < 1.29 is 23.1 Å². The van der Waals surface area contributed by atoms with Gasteiger partial charge in [-0.1, -0.05) is 50.2 Å². The van der Waals surface area contributed by atoms with Crippen LogP contribution in [0.4, 0.5) is 4.39 Å². The molecule has 5 aromatic rings.